The van der Waals surface area contributed by atoms with E-state index in [-0.39, 0.29) is 30.1 Å². The molecule has 5 rings (SSSR count). The van der Waals surface area contributed by atoms with Crippen molar-refractivity contribution in [1.82, 2.24) is 0 Å². The smallest absolute Gasteiger partial charge is 0.233 e. The fraction of sp³-hybridized carbons (Fsp3) is 0.406. The lowest BCUT2D eigenvalue weighted by Crippen LogP contribution is -2.59. The van der Waals surface area contributed by atoms with Crippen molar-refractivity contribution >= 4 is 11.6 Å². The van der Waals surface area contributed by atoms with Crippen LogP contribution in [0.2, 0.25) is 0 Å². The number of carbonyl (C=O) groups excluding carboxylic acids is 1. The van der Waals surface area contributed by atoms with E-state index in [1.807, 2.05) is 55.5 Å². The molecule has 2 aliphatic rings. The molecule has 0 aromatic heterocycles. The Morgan fingerprint density at radius 3 is 2.15 bits per heavy atom. The van der Waals surface area contributed by atoms with E-state index in [2.05, 4.69) is 0 Å². The van der Waals surface area contributed by atoms with Crippen LogP contribution in [0, 0.1) is 18.7 Å². The number of rotatable bonds is 9. The summed E-state index contributed by atoms with van der Waals surface area (Å²) in [5, 5.41) is 50.8. The van der Waals surface area contributed by atoms with Gasteiger partial charge in [-0.05, 0) is 60.7 Å². The second-order valence-corrected chi connectivity index (χ2v) is 11.1. The lowest BCUT2D eigenvalue weighted by Gasteiger charge is -2.48. The van der Waals surface area contributed by atoms with E-state index in [1.54, 1.807) is 17.0 Å². The van der Waals surface area contributed by atoms with Crippen LogP contribution in [0.3, 0.4) is 0 Å². The van der Waals surface area contributed by atoms with Gasteiger partial charge in [0, 0.05) is 12.1 Å². The minimum Gasteiger partial charge on any atom is -0.394 e. The van der Waals surface area contributed by atoms with Crippen LogP contribution in [-0.4, -0.2) is 68.6 Å². The Kier molecular flexibility index (Phi) is 8.84. The van der Waals surface area contributed by atoms with Crippen LogP contribution in [0.4, 0.5) is 10.1 Å². The molecular formula is C32H36FNO7. The number of carbonyl (C=O) groups is 1. The number of benzene rings is 3. The Balaban J connectivity index is 1.33. The molecule has 2 heterocycles. The van der Waals surface area contributed by atoms with Crippen LogP contribution >= 0.6 is 0 Å². The predicted octanol–water partition coefficient (Wildman–Crippen LogP) is 2.74. The van der Waals surface area contributed by atoms with E-state index in [1.165, 1.54) is 12.1 Å². The first kappa shape index (κ1) is 29.3. The molecule has 0 saturated carbocycles. The van der Waals surface area contributed by atoms with Crippen LogP contribution < -0.4 is 4.90 Å². The molecule has 9 heteroatoms. The van der Waals surface area contributed by atoms with Crippen molar-refractivity contribution in [3.05, 3.63) is 101 Å². The summed E-state index contributed by atoms with van der Waals surface area (Å²) in [7, 11) is 0. The molecule has 0 spiro atoms. The molecule has 8 nitrogen and oxygen atoms in total. The van der Waals surface area contributed by atoms with E-state index in [0.717, 1.165) is 22.4 Å². The highest BCUT2D eigenvalue weighted by Gasteiger charge is 2.48. The van der Waals surface area contributed by atoms with Crippen molar-refractivity contribution in [3.63, 3.8) is 0 Å². The van der Waals surface area contributed by atoms with Gasteiger partial charge in [0.05, 0.1) is 30.8 Å². The zero-order valence-electron chi connectivity index (χ0n) is 22.8. The molecule has 8 atom stereocenters. The number of ether oxygens (including phenoxy) is 1. The Hall–Kier alpha value is -3.18. The van der Waals surface area contributed by atoms with E-state index in [9.17, 15) is 34.7 Å². The molecule has 3 aromatic carbocycles. The van der Waals surface area contributed by atoms with Crippen LogP contribution in [0.25, 0.3) is 0 Å². The molecule has 41 heavy (non-hydrogen) atoms. The number of hydrogen-bond acceptors (Lipinski definition) is 7. The number of halogens is 1. The largest absolute Gasteiger partial charge is 0.394 e. The van der Waals surface area contributed by atoms with E-state index >= 15 is 0 Å². The van der Waals surface area contributed by atoms with Gasteiger partial charge in [-0.25, -0.2) is 4.39 Å². The first-order valence-electron chi connectivity index (χ1n) is 13.9. The summed E-state index contributed by atoms with van der Waals surface area (Å²) in [6.07, 6.45) is -5.72. The summed E-state index contributed by atoms with van der Waals surface area (Å²) in [5.74, 6) is -0.767. The Bertz CT molecular complexity index is 1320. The van der Waals surface area contributed by atoms with Gasteiger partial charge in [-0.3, -0.25) is 4.79 Å². The zero-order chi connectivity index (χ0) is 29.3. The van der Waals surface area contributed by atoms with E-state index in [4.69, 9.17) is 4.74 Å². The molecule has 3 aromatic rings. The van der Waals surface area contributed by atoms with Gasteiger partial charge in [-0.2, -0.15) is 0 Å². The molecule has 0 unspecified atom stereocenters. The zero-order valence-corrected chi connectivity index (χ0v) is 22.8. The summed E-state index contributed by atoms with van der Waals surface area (Å²) in [6, 6.07) is 20.8. The van der Waals surface area contributed by atoms with Gasteiger partial charge >= 0.3 is 0 Å². The first-order valence-corrected chi connectivity index (χ1v) is 13.9. The van der Waals surface area contributed by atoms with Crippen LogP contribution in [-0.2, 0) is 16.0 Å². The predicted molar refractivity (Wildman–Crippen MR) is 149 cm³/mol. The second kappa shape index (κ2) is 12.4. The molecule has 1 amide bonds. The molecule has 2 fully saturated rings. The van der Waals surface area contributed by atoms with Crippen molar-refractivity contribution in [2.45, 2.75) is 68.9 Å². The number of amides is 1. The number of hydrogen-bond donors (Lipinski definition) is 5. The minimum absolute atomic E-state index is 0.0319. The summed E-state index contributed by atoms with van der Waals surface area (Å²) in [5.41, 5.74) is 4.18. The highest BCUT2D eigenvalue weighted by Crippen LogP contribution is 2.46. The molecular weight excluding hydrogens is 529 g/mol. The first-order chi connectivity index (χ1) is 19.7. The maximum Gasteiger partial charge on any atom is 0.233 e. The van der Waals surface area contributed by atoms with Crippen molar-refractivity contribution < 1.29 is 39.5 Å². The standard InChI is InChI=1S/C32H36FNO7/c1-18-2-12-23(13-3-18)34-28(24(32(34)40)14-15-25(36)20-8-10-22(33)11-9-20)21-6-4-19(5-7-21)16-26-29(37)31(39)30(38)27(17-35)41-26/h2-13,24-31,35-39H,14-17H2,1H3/t24-,25+,26+,27-,28-,29-,30-,31-/m1/s1. The fourth-order valence-electron chi connectivity index (χ4n) is 5.82. The number of aliphatic hydroxyl groups is 5. The van der Waals surface area contributed by atoms with Gasteiger partial charge < -0.3 is 35.2 Å². The summed E-state index contributed by atoms with van der Waals surface area (Å²) < 4.78 is 19.0. The Morgan fingerprint density at radius 1 is 0.878 bits per heavy atom. The maximum absolute atomic E-state index is 13.4. The highest BCUT2D eigenvalue weighted by atomic mass is 19.1. The average molecular weight is 566 g/mol. The van der Waals surface area contributed by atoms with Crippen LogP contribution in [0.1, 0.15) is 47.2 Å². The topological polar surface area (TPSA) is 131 Å². The van der Waals surface area contributed by atoms with Gasteiger partial charge in [-0.1, -0.05) is 54.1 Å². The lowest BCUT2D eigenvalue weighted by molar-refractivity contribution is -0.228. The number of nitrogens with zero attached hydrogens (tertiary/aromatic N) is 1. The van der Waals surface area contributed by atoms with E-state index in [0.29, 0.717) is 18.4 Å². The molecule has 2 aliphatic heterocycles. The monoisotopic (exact) mass is 565 g/mol. The van der Waals surface area contributed by atoms with Gasteiger partial charge in [0.25, 0.3) is 0 Å². The van der Waals surface area contributed by atoms with Gasteiger partial charge in [0.1, 0.15) is 30.2 Å². The van der Waals surface area contributed by atoms with Gasteiger partial charge in [0.2, 0.25) is 5.91 Å². The number of aliphatic hydroxyl groups excluding tert-OH is 5. The minimum atomic E-state index is -1.43. The third-order valence-electron chi connectivity index (χ3n) is 8.28. The van der Waals surface area contributed by atoms with Gasteiger partial charge in [-0.15, -0.1) is 0 Å². The highest BCUT2D eigenvalue weighted by molar-refractivity contribution is 6.03. The van der Waals surface area contributed by atoms with Crippen molar-refractivity contribution in [2.75, 3.05) is 11.5 Å². The van der Waals surface area contributed by atoms with Crippen LogP contribution in [0.15, 0.2) is 72.8 Å². The van der Waals surface area contributed by atoms with Crippen molar-refractivity contribution in [3.8, 4) is 0 Å². The summed E-state index contributed by atoms with van der Waals surface area (Å²) in [4.78, 5) is 15.2. The number of aryl methyl sites for hydroxylation is 1. The summed E-state index contributed by atoms with van der Waals surface area (Å²) >= 11 is 0. The average Bonchev–Trinajstić information content (AvgIpc) is 2.98. The molecule has 0 radical (unpaired) electrons. The SMILES string of the molecule is Cc1ccc(N2C(=O)[C@H](CC[C@H](O)c3ccc(F)cc3)[C@H]2c2ccc(C[C@@H]3O[C@H](CO)[C@@H](O)[C@H](O)[C@@H]3O)cc2)cc1. The quantitative estimate of drug-likeness (QED) is 0.252. The summed E-state index contributed by atoms with van der Waals surface area (Å²) in [6.45, 7) is 1.50. The molecule has 0 bridgehead atoms. The third kappa shape index (κ3) is 6.06. The molecule has 2 saturated heterocycles. The molecule has 5 N–H and O–H groups in total. The number of β-lactam (4-membered cyclic amide) rings is 1. The van der Waals surface area contributed by atoms with Crippen LogP contribution in [0.5, 0.6) is 0 Å². The third-order valence-corrected chi connectivity index (χ3v) is 8.28. The normalized spacial score (nSPS) is 28.8. The van der Waals surface area contributed by atoms with E-state index < -0.39 is 43.2 Å². The second-order valence-electron chi connectivity index (χ2n) is 11.1. The molecule has 0 aliphatic carbocycles. The Labute approximate surface area is 238 Å². The van der Waals surface area contributed by atoms with Gasteiger partial charge in [0.15, 0.2) is 0 Å². The van der Waals surface area contributed by atoms with Crippen molar-refractivity contribution in [1.29, 1.82) is 0 Å². The maximum atomic E-state index is 13.4. The molecule has 218 valence electrons. The number of anilines is 1. The van der Waals surface area contributed by atoms with Crippen molar-refractivity contribution in [2.24, 2.45) is 5.92 Å². The lowest BCUT2D eigenvalue weighted by atomic mass is 9.78. The fourth-order valence-corrected chi connectivity index (χ4v) is 5.82. The Morgan fingerprint density at radius 2 is 1.51 bits per heavy atom.